The van der Waals surface area contributed by atoms with Gasteiger partial charge in [-0.2, -0.15) is 0 Å². The van der Waals surface area contributed by atoms with Crippen LogP contribution in [0.4, 0.5) is 11.4 Å². The first kappa shape index (κ1) is 10.6. The lowest BCUT2D eigenvalue weighted by molar-refractivity contribution is -0.117. The van der Waals surface area contributed by atoms with E-state index < -0.39 is 0 Å². The fourth-order valence-corrected chi connectivity index (χ4v) is 1.73. The van der Waals surface area contributed by atoms with E-state index in [2.05, 4.69) is 5.32 Å². The maximum atomic E-state index is 11.5. The van der Waals surface area contributed by atoms with Gasteiger partial charge in [0.1, 0.15) is 0 Å². The lowest BCUT2D eigenvalue weighted by Gasteiger charge is -2.07. The molecule has 0 saturated heterocycles. The first-order chi connectivity index (χ1) is 7.08. The van der Waals surface area contributed by atoms with Crippen LogP contribution in [0.5, 0.6) is 0 Å². The summed E-state index contributed by atoms with van der Waals surface area (Å²) in [6, 6.07) is 3.20. The quantitative estimate of drug-likeness (QED) is 0.787. The maximum Gasteiger partial charge on any atom is 0.227 e. The number of nitrogens with one attached hydrogen (secondary N) is 1. The Balaban J connectivity index is 2.17. The molecular weight excluding hydrogens is 235 g/mol. The van der Waals surface area contributed by atoms with Crippen molar-refractivity contribution >= 4 is 40.5 Å². The van der Waals surface area contributed by atoms with Crippen LogP contribution in [-0.2, 0) is 4.79 Å². The Hall–Kier alpha value is -0.930. The van der Waals surface area contributed by atoms with Gasteiger partial charge >= 0.3 is 0 Å². The molecule has 0 heterocycles. The monoisotopic (exact) mass is 244 g/mol. The zero-order chi connectivity index (χ0) is 11.0. The van der Waals surface area contributed by atoms with Gasteiger partial charge < -0.3 is 11.1 Å². The molecule has 1 aromatic carbocycles. The highest BCUT2D eigenvalue weighted by Gasteiger charge is 2.29. The molecule has 1 fully saturated rings. The number of anilines is 2. The summed E-state index contributed by atoms with van der Waals surface area (Å²) in [6.45, 7) is 0. The molecular formula is C10H10Cl2N2O. The summed E-state index contributed by atoms with van der Waals surface area (Å²) >= 11 is 11.7. The van der Waals surface area contributed by atoms with Gasteiger partial charge in [-0.1, -0.05) is 23.2 Å². The Morgan fingerprint density at radius 1 is 1.33 bits per heavy atom. The normalized spacial score (nSPS) is 15.1. The van der Waals surface area contributed by atoms with Crippen molar-refractivity contribution in [3.05, 3.63) is 22.2 Å². The highest BCUT2D eigenvalue weighted by Crippen LogP contribution is 2.33. The van der Waals surface area contributed by atoms with Crippen LogP contribution >= 0.6 is 23.2 Å². The zero-order valence-electron chi connectivity index (χ0n) is 7.89. The first-order valence-corrected chi connectivity index (χ1v) is 5.39. The van der Waals surface area contributed by atoms with Crippen molar-refractivity contribution in [3.8, 4) is 0 Å². The summed E-state index contributed by atoms with van der Waals surface area (Å²) in [5.74, 6) is 0.173. The predicted octanol–water partition coefficient (Wildman–Crippen LogP) is 2.92. The number of hydrogen-bond acceptors (Lipinski definition) is 2. The highest BCUT2D eigenvalue weighted by atomic mass is 35.5. The minimum atomic E-state index is 0.0203. The maximum absolute atomic E-state index is 11.5. The number of nitrogens with two attached hydrogens (primary N) is 1. The van der Waals surface area contributed by atoms with Crippen molar-refractivity contribution < 1.29 is 4.79 Å². The molecule has 3 N–H and O–H groups in total. The van der Waals surface area contributed by atoms with Crippen LogP contribution in [0.25, 0.3) is 0 Å². The topological polar surface area (TPSA) is 55.1 Å². The van der Waals surface area contributed by atoms with Gasteiger partial charge in [0.2, 0.25) is 5.91 Å². The molecule has 0 spiro atoms. The van der Waals surface area contributed by atoms with E-state index >= 15 is 0 Å². The fraction of sp³-hybridized carbons (Fsp3) is 0.300. The van der Waals surface area contributed by atoms with E-state index in [1.807, 2.05) is 0 Å². The van der Waals surface area contributed by atoms with Crippen molar-refractivity contribution in [1.82, 2.24) is 0 Å². The molecule has 1 amide bonds. The van der Waals surface area contributed by atoms with Crippen LogP contribution in [0.2, 0.25) is 10.0 Å². The number of halogens is 2. The van der Waals surface area contributed by atoms with Crippen LogP contribution in [0, 0.1) is 5.92 Å². The molecule has 1 aliphatic rings. The van der Waals surface area contributed by atoms with Crippen LogP contribution in [0.1, 0.15) is 12.8 Å². The third kappa shape index (κ3) is 2.36. The molecule has 0 bridgehead atoms. The van der Waals surface area contributed by atoms with Gasteiger partial charge in [-0.25, -0.2) is 0 Å². The number of benzene rings is 1. The average Bonchev–Trinajstić information content (AvgIpc) is 2.96. The fourth-order valence-electron chi connectivity index (χ4n) is 1.25. The number of carbonyl (C=O) groups excluding carboxylic acids is 1. The molecule has 15 heavy (non-hydrogen) atoms. The van der Waals surface area contributed by atoms with Crippen LogP contribution in [0.15, 0.2) is 12.1 Å². The standard InChI is InChI=1S/C10H10Cl2N2O/c11-7-3-6(4-8(12)9(7)13)14-10(15)5-1-2-5/h3-5H,1-2,13H2,(H,14,15). The molecule has 80 valence electrons. The molecule has 0 unspecified atom stereocenters. The molecule has 1 aliphatic carbocycles. The second kappa shape index (κ2) is 3.91. The average molecular weight is 245 g/mol. The van der Waals surface area contributed by atoms with Gasteiger partial charge in [-0.3, -0.25) is 4.79 Å². The van der Waals surface area contributed by atoms with E-state index in [-0.39, 0.29) is 11.8 Å². The molecule has 0 aliphatic heterocycles. The van der Waals surface area contributed by atoms with Gasteiger partial charge in [0, 0.05) is 11.6 Å². The summed E-state index contributed by atoms with van der Waals surface area (Å²) in [5.41, 5.74) is 6.51. The number of amides is 1. The summed E-state index contributed by atoms with van der Waals surface area (Å²) in [7, 11) is 0. The summed E-state index contributed by atoms with van der Waals surface area (Å²) in [4.78, 5) is 11.5. The number of nitrogen functional groups attached to an aromatic ring is 1. The summed E-state index contributed by atoms with van der Waals surface area (Å²) in [6.07, 6.45) is 1.92. The predicted molar refractivity (Wildman–Crippen MR) is 62.2 cm³/mol. The third-order valence-corrected chi connectivity index (χ3v) is 2.92. The van der Waals surface area contributed by atoms with E-state index in [9.17, 15) is 4.79 Å². The van der Waals surface area contributed by atoms with Crippen molar-refractivity contribution in [3.63, 3.8) is 0 Å². The lowest BCUT2D eigenvalue weighted by atomic mass is 10.2. The Morgan fingerprint density at radius 3 is 2.33 bits per heavy atom. The van der Waals surface area contributed by atoms with E-state index in [0.717, 1.165) is 12.8 Å². The molecule has 1 saturated carbocycles. The first-order valence-electron chi connectivity index (χ1n) is 4.63. The summed E-state index contributed by atoms with van der Waals surface area (Å²) < 4.78 is 0. The van der Waals surface area contributed by atoms with Gasteiger partial charge in [0.25, 0.3) is 0 Å². The van der Waals surface area contributed by atoms with E-state index in [0.29, 0.717) is 21.4 Å². The van der Waals surface area contributed by atoms with Crippen molar-refractivity contribution in [1.29, 1.82) is 0 Å². The Morgan fingerprint density at radius 2 is 1.87 bits per heavy atom. The van der Waals surface area contributed by atoms with E-state index in [1.165, 1.54) is 0 Å². The van der Waals surface area contributed by atoms with Crippen molar-refractivity contribution in [2.24, 2.45) is 5.92 Å². The molecule has 0 aromatic heterocycles. The lowest BCUT2D eigenvalue weighted by Crippen LogP contribution is -2.13. The molecule has 0 radical (unpaired) electrons. The Labute approximate surface area is 97.5 Å². The molecule has 0 atom stereocenters. The smallest absolute Gasteiger partial charge is 0.227 e. The molecule has 1 aromatic rings. The molecule has 3 nitrogen and oxygen atoms in total. The van der Waals surface area contributed by atoms with Gasteiger partial charge in [0.05, 0.1) is 15.7 Å². The number of rotatable bonds is 2. The Kier molecular flexibility index (Phi) is 2.76. The van der Waals surface area contributed by atoms with Crippen LogP contribution in [0.3, 0.4) is 0 Å². The second-order valence-corrected chi connectivity index (χ2v) is 4.43. The van der Waals surface area contributed by atoms with Gasteiger partial charge in [-0.15, -0.1) is 0 Å². The van der Waals surface area contributed by atoms with Crippen LogP contribution < -0.4 is 11.1 Å². The second-order valence-electron chi connectivity index (χ2n) is 3.62. The van der Waals surface area contributed by atoms with Crippen molar-refractivity contribution in [2.45, 2.75) is 12.8 Å². The van der Waals surface area contributed by atoms with E-state index in [4.69, 9.17) is 28.9 Å². The third-order valence-electron chi connectivity index (χ3n) is 2.29. The van der Waals surface area contributed by atoms with Gasteiger partial charge in [-0.05, 0) is 25.0 Å². The number of carbonyl (C=O) groups is 1. The van der Waals surface area contributed by atoms with Crippen molar-refractivity contribution in [2.75, 3.05) is 11.1 Å². The molecule has 5 heteroatoms. The summed E-state index contributed by atoms with van der Waals surface area (Å²) in [5, 5.41) is 3.46. The SMILES string of the molecule is Nc1c(Cl)cc(NC(=O)C2CC2)cc1Cl. The minimum absolute atomic E-state index is 0.0203. The largest absolute Gasteiger partial charge is 0.396 e. The highest BCUT2D eigenvalue weighted by molar-refractivity contribution is 6.39. The van der Waals surface area contributed by atoms with Gasteiger partial charge in [0.15, 0.2) is 0 Å². The number of hydrogen-bond donors (Lipinski definition) is 2. The molecule has 2 rings (SSSR count). The zero-order valence-corrected chi connectivity index (χ0v) is 9.40. The van der Waals surface area contributed by atoms with E-state index in [1.54, 1.807) is 12.1 Å². The minimum Gasteiger partial charge on any atom is -0.396 e. The van der Waals surface area contributed by atoms with Crippen LogP contribution in [-0.4, -0.2) is 5.91 Å². The Bertz CT molecular complexity index is 393.